The number of carbonyl (C=O) groups excluding carboxylic acids is 1. The Bertz CT molecular complexity index is 496. The maximum atomic E-state index is 12.4. The number of morpholine rings is 1. The number of rotatable bonds is 7. The highest BCUT2D eigenvalue weighted by molar-refractivity contribution is 7.10. The standard InChI is InChI=1S/C17H29N3O2S.ClH/c1-4-7-17(3,18)16(21)19-11-14(15-6-5-10-23-15)20-8-9-22-13(2)12-20;/h5-6,10,13-14H,4,7-9,11-12,18H2,1-3H3,(H,19,21);1H. The molecule has 2 heterocycles. The Balaban J connectivity index is 0.00000288. The highest BCUT2D eigenvalue weighted by Crippen LogP contribution is 2.26. The number of carbonyl (C=O) groups is 1. The number of nitrogens with zero attached hydrogens (tertiary/aromatic N) is 1. The molecule has 1 aromatic heterocycles. The minimum Gasteiger partial charge on any atom is -0.376 e. The van der Waals surface area contributed by atoms with Crippen LogP contribution in [0.2, 0.25) is 0 Å². The first kappa shape index (κ1) is 21.4. The van der Waals surface area contributed by atoms with E-state index >= 15 is 0 Å². The van der Waals surface area contributed by atoms with E-state index in [2.05, 4.69) is 34.7 Å². The first-order valence-electron chi connectivity index (χ1n) is 8.40. The van der Waals surface area contributed by atoms with Crippen molar-refractivity contribution in [2.45, 2.75) is 51.3 Å². The van der Waals surface area contributed by atoms with Gasteiger partial charge in [0.25, 0.3) is 0 Å². The molecule has 3 atom stereocenters. The monoisotopic (exact) mass is 375 g/mol. The van der Waals surface area contributed by atoms with Crippen LogP contribution in [-0.2, 0) is 9.53 Å². The van der Waals surface area contributed by atoms with Crippen LogP contribution in [0, 0.1) is 0 Å². The number of hydrogen-bond donors (Lipinski definition) is 2. The second kappa shape index (κ2) is 9.73. The first-order valence-corrected chi connectivity index (χ1v) is 9.28. The van der Waals surface area contributed by atoms with Crippen molar-refractivity contribution < 1.29 is 9.53 Å². The Hall–Kier alpha value is -0.660. The number of nitrogens with two attached hydrogens (primary N) is 1. The summed E-state index contributed by atoms with van der Waals surface area (Å²) in [5.74, 6) is -0.0674. The fourth-order valence-electron chi connectivity index (χ4n) is 3.04. The molecular weight excluding hydrogens is 346 g/mol. The molecule has 0 aliphatic carbocycles. The number of hydrogen-bond acceptors (Lipinski definition) is 5. The Labute approximate surface area is 155 Å². The predicted octanol–water partition coefficient (Wildman–Crippen LogP) is 2.57. The number of thiophene rings is 1. The minimum atomic E-state index is -0.799. The van der Waals surface area contributed by atoms with Gasteiger partial charge in [-0.3, -0.25) is 9.69 Å². The molecule has 3 unspecified atom stereocenters. The van der Waals surface area contributed by atoms with E-state index in [4.69, 9.17) is 10.5 Å². The van der Waals surface area contributed by atoms with E-state index in [1.165, 1.54) is 4.88 Å². The van der Waals surface area contributed by atoms with Crippen molar-refractivity contribution in [1.82, 2.24) is 10.2 Å². The molecule has 0 bridgehead atoms. The lowest BCUT2D eigenvalue weighted by molar-refractivity contribution is -0.126. The smallest absolute Gasteiger partial charge is 0.239 e. The molecule has 1 amide bonds. The topological polar surface area (TPSA) is 67.6 Å². The average Bonchev–Trinajstić information content (AvgIpc) is 3.01. The van der Waals surface area contributed by atoms with Gasteiger partial charge < -0.3 is 15.8 Å². The zero-order chi connectivity index (χ0) is 16.9. The summed E-state index contributed by atoms with van der Waals surface area (Å²) in [6.07, 6.45) is 1.81. The van der Waals surface area contributed by atoms with E-state index in [0.717, 1.165) is 26.1 Å². The van der Waals surface area contributed by atoms with E-state index in [1.807, 2.05) is 13.8 Å². The Morgan fingerprint density at radius 1 is 1.62 bits per heavy atom. The summed E-state index contributed by atoms with van der Waals surface area (Å²) in [6.45, 7) is 9.04. The first-order chi connectivity index (χ1) is 10.9. The van der Waals surface area contributed by atoms with Crippen LogP contribution in [0.25, 0.3) is 0 Å². The minimum absolute atomic E-state index is 0. The van der Waals surface area contributed by atoms with Crippen molar-refractivity contribution >= 4 is 29.7 Å². The summed E-state index contributed by atoms with van der Waals surface area (Å²) < 4.78 is 5.64. The van der Waals surface area contributed by atoms with Gasteiger partial charge in [-0.05, 0) is 31.7 Å². The maximum absolute atomic E-state index is 12.4. The Morgan fingerprint density at radius 3 is 2.96 bits per heavy atom. The van der Waals surface area contributed by atoms with Crippen molar-refractivity contribution in [2.24, 2.45) is 5.73 Å². The number of halogens is 1. The molecule has 1 aromatic rings. The Morgan fingerprint density at radius 2 is 2.38 bits per heavy atom. The summed E-state index contributed by atoms with van der Waals surface area (Å²) in [6, 6.07) is 4.38. The van der Waals surface area contributed by atoms with Gasteiger partial charge in [-0.1, -0.05) is 19.4 Å². The third kappa shape index (κ3) is 5.70. The van der Waals surface area contributed by atoms with Gasteiger partial charge >= 0.3 is 0 Å². The van der Waals surface area contributed by atoms with Crippen LogP contribution in [-0.4, -0.2) is 48.7 Å². The highest BCUT2D eigenvalue weighted by Gasteiger charge is 2.30. The Kier molecular flexibility index (Phi) is 8.67. The third-order valence-electron chi connectivity index (χ3n) is 4.33. The average molecular weight is 376 g/mol. The van der Waals surface area contributed by atoms with E-state index in [0.29, 0.717) is 13.0 Å². The summed E-state index contributed by atoms with van der Waals surface area (Å²) in [5, 5.41) is 5.15. The summed E-state index contributed by atoms with van der Waals surface area (Å²) in [4.78, 5) is 16.1. The molecule has 0 saturated carbocycles. The van der Waals surface area contributed by atoms with Gasteiger partial charge in [0.1, 0.15) is 0 Å². The van der Waals surface area contributed by atoms with Crippen LogP contribution >= 0.6 is 23.7 Å². The molecule has 0 spiro atoms. The SMILES string of the molecule is CCCC(C)(N)C(=O)NCC(c1cccs1)N1CCOC(C)C1.Cl. The number of ether oxygens (including phenoxy) is 1. The third-order valence-corrected chi connectivity index (χ3v) is 5.30. The van der Waals surface area contributed by atoms with Crippen molar-refractivity contribution in [2.75, 3.05) is 26.2 Å². The van der Waals surface area contributed by atoms with Crippen LogP contribution < -0.4 is 11.1 Å². The molecule has 1 saturated heterocycles. The van der Waals surface area contributed by atoms with Crippen LogP contribution in [0.5, 0.6) is 0 Å². The van der Waals surface area contributed by atoms with E-state index in [9.17, 15) is 4.79 Å². The lowest BCUT2D eigenvalue weighted by atomic mass is 9.96. The fraction of sp³-hybridized carbons (Fsp3) is 0.706. The van der Waals surface area contributed by atoms with Gasteiger partial charge in [-0.25, -0.2) is 0 Å². The van der Waals surface area contributed by atoms with Crippen molar-refractivity contribution in [3.8, 4) is 0 Å². The fourth-order valence-corrected chi connectivity index (χ4v) is 3.90. The molecule has 2 rings (SSSR count). The van der Waals surface area contributed by atoms with Gasteiger partial charge in [-0.15, -0.1) is 23.7 Å². The normalized spacial score (nSPS) is 22.2. The van der Waals surface area contributed by atoms with Crippen LogP contribution in [0.4, 0.5) is 0 Å². The van der Waals surface area contributed by atoms with Crippen LogP contribution in [0.3, 0.4) is 0 Å². The highest BCUT2D eigenvalue weighted by atomic mass is 35.5. The molecular formula is C17H30ClN3O2S. The van der Waals surface area contributed by atoms with Gasteiger partial charge in [0, 0.05) is 24.5 Å². The van der Waals surface area contributed by atoms with E-state index < -0.39 is 5.54 Å². The van der Waals surface area contributed by atoms with Crippen molar-refractivity contribution in [1.29, 1.82) is 0 Å². The quantitative estimate of drug-likeness (QED) is 0.768. The van der Waals surface area contributed by atoms with Crippen molar-refractivity contribution in [3.63, 3.8) is 0 Å². The second-order valence-corrected chi connectivity index (χ2v) is 7.56. The number of amides is 1. The molecule has 3 N–H and O–H groups in total. The second-order valence-electron chi connectivity index (χ2n) is 6.59. The number of nitrogens with one attached hydrogen (secondary N) is 1. The van der Waals surface area contributed by atoms with Crippen molar-refractivity contribution in [3.05, 3.63) is 22.4 Å². The van der Waals surface area contributed by atoms with Crippen LogP contribution in [0.1, 0.15) is 44.5 Å². The summed E-state index contributed by atoms with van der Waals surface area (Å²) >= 11 is 1.73. The molecule has 1 fully saturated rings. The molecule has 138 valence electrons. The van der Waals surface area contributed by atoms with Gasteiger partial charge in [0.05, 0.1) is 24.3 Å². The summed E-state index contributed by atoms with van der Waals surface area (Å²) in [5.41, 5.74) is 5.33. The lowest BCUT2D eigenvalue weighted by Crippen LogP contribution is -2.54. The molecule has 7 heteroatoms. The molecule has 1 aliphatic rings. The van der Waals surface area contributed by atoms with Gasteiger partial charge in [-0.2, -0.15) is 0 Å². The zero-order valence-electron chi connectivity index (χ0n) is 14.8. The summed E-state index contributed by atoms with van der Waals surface area (Å²) in [7, 11) is 0. The maximum Gasteiger partial charge on any atom is 0.239 e. The van der Waals surface area contributed by atoms with Gasteiger partial charge in [0.15, 0.2) is 0 Å². The molecule has 24 heavy (non-hydrogen) atoms. The largest absolute Gasteiger partial charge is 0.376 e. The zero-order valence-corrected chi connectivity index (χ0v) is 16.4. The molecule has 0 radical (unpaired) electrons. The van der Waals surface area contributed by atoms with Gasteiger partial charge in [0.2, 0.25) is 5.91 Å². The molecule has 5 nitrogen and oxygen atoms in total. The lowest BCUT2D eigenvalue weighted by Gasteiger charge is -2.37. The van der Waals surface area contributed by atoms with E-state index in [-0.39, 0.29) is 30.5 Å². The predicted molar refractivity (Wildman–Crippen MR) is 102 cm³/mol. The van der Waals surface area contributed by atoms with Crippen LogP contribution in [0.15, 0.2) is 17.5 Å². The van der Waals surface area contributed by atoms with E-state index in [1.54, 1.807) is 11.3 Å². The molecule has 0 aromatic carbocycles. The molecule has 1 aliphatic heterocycles.